The maximum absolute atomic E-state index is 12.1. The Morgan fingerprint density at radius 1 is 1.20 bits per heavy atom. The van der Waals surface area contributed by atoms with E-state index in [4.69, 9.17) is 4.74 Å². The highest BCUT2D eigenvalue weighted by molar-refractivity contribution is 5.98. The van der Waals surface area contributed by atoms with Crippen molar-refractivity contribution in [3.63, 3.8) is 0 Å². The molecular weight excluding hydrogens is 248 g/mol. The van der Waals surface area contributed by atoms with Crippen molar-refractivity contribution < 1.29 is 9.53 Å². The molecule has 0 saturated carbocycles. The van der Waals surface area contributed by atoms with Gasteiger partial charge in [0.1, 0.15) is 6.61 Å². The van der Waals surface area contributed by atoms with Crippen LogP contribution in [0.15, 0.2) is 18.2 Å². The van der Waals surface area contributed by atoms with Crippen molar-refractivity contribution in [2.24, 2.45) is 0 Å². The molecule has 1 aromatic rings. The molecule has 0 aliphatic heterocycles. The van der Waals surface area contributed by atoms with Gasteiger partial charge in [0.2, 0.25) is 0 Å². The minimum atomic E-state index is 0.0860. The van der Waals surface area contributed by atoms with Gasteiger partial charge in [0, 0.05) is 5.56 Å². The highest BCUT2D eigenvalue weighted by Crippen LogP contribution is 2.13. The number of Topliss-reactive ketones (excluding diaryl/α,β-unsaturated/α-hetero) is 1. The Morgan fingerprint density at radius 3 is 2.60 bits per heavy atom. The molecule has 0 radical (unpaired) electrons. The number of rotatable bonds is 9. The summed E-state index contributed by atoms with van der Waals surface area (Å²) in [6.07, 6.45) is 6.19. The van der Waals surface area contributed by atoms with Crippen LogP contribution < -0.4 is 0 Å². The number of hydrogen-bond acceptors (Lipinski definition) is 2. The zero-order valence-corrected chi connectivity index (χ0v) is 13.4. The van der Waals surface area contributed by atoms with Crippen LogP contribution in [-0.2, 0) is 4.74 Å². The van der Waals surface area contributed by atoms with Crippen LogP contribution in [0.3, 0.4) is 0 Å². The molecule has 20 heavy (non-hydrogen) atoms. The number of unbranched alkanes of at least 4 members (excludes halogenated alkanes) is 3. The van der Waals surface area contributed by atoms with Gasteiger partial charge in [-0.25, -0.2) is 0 Å². The first-order valence-corrected chi connectivity index (χ1v) is 7.76. The Morgan fingerprint density at radius 2 is 1.95 bits per heavy atom. The van der Waals surface area contributed by atoms with Crippen LogP contribution in [0.5, 0.6) is 0 Å². The molecule has 1 atom stereocenters. The molecule has 1 rings (SSSR count). The molecule has 0 aliphatic carbocycles. The molecule has 1 aromatic carbocycles. The van der Waals surface area contributed by atoms with Gasteiger partial charge in [0.05, 0.1) is 6.10 Å². The monoisotopic (exact) mass is 276 g/mol. The van der Waals surface area contributed by atoms with E-state index in [1.165, 1.54) is 31.2 Å². The summed E-state index contributed by atoms with van der Waals surface area (Å²) in [5.74, 6) is 0.0860. The summed E-state index contributed by atoms with van der Waals surface area (Å²) in [5, 5.41) is 0. The van der Waals surface area contributed by atoms with Crippen LogP contribution >= 0.6 is 0 Å². The number of hydrogen-bond donors (Lipinski definition) is 0. The summed E-state index contributed by atoms with van der Waals surface area (Å²) in [5.41, 5.74) is 3.01. The van der Waals surface area contributed by atoms with Crippen molar-refractivity contribution in [3.05, 3.63) is 34.9 Å². The Balaban J connectivity index is 2.35. The molecule has 0 saturated heterocycles. The Labute approximate surface area is 123 Å². The quantitative estimate of drug-likeness (QED) is 0.475. The molecule has 0 bridgehead atoms. The number of aryl methyl sites for hydroxylation is 2. The van der Waals surface area contributed by atoms with Gasteiger partial charge in [-0.05, 0) is 32.8 Å². The molecule has 2 heteroatoms. The molecule has 0 fully saturated rings. The highest BCUT2D eigenvalue weighted by Gasteiger charge is 2.11. The summed E-state index contributed by atoms with van der Waals surface area (Å²) < 4.78 is 5.67. The first-order chi connectivity index (χ1) is 9.54. The average Bonchev–Trinajstić information content (AvgIpc) is 2.41. The Kier molecular flexibility index (Phi) is 7.53. The number of ketones is 1. The van der Waals surface area contributed by atoms with Crippen molar-refractivity contribution in [1.82, 2.24) is 0 Å². The summed E-state index contributed by atoms with van der Waals surface area (Å²) in [6, 6.07) is 5.93. The highest BCUT2D eigenvalue weighted by atomic mass is 16.5. The van der Waals surface area contributed by atoms with Gasteiger partial charge in [-0.15, -0.1) is 0 Å². The maximum atomic E-state index is 12.1. The third kappa shape index (κ3) is 5.87. The normalized spacial score (nSPS) is 12.4. The average molecular weight is 276 g/mol. The predicted octanol–water partition coefficient (Wildman–Crippen LogP) is 4.86. The van der Waals surface area contributed by atoms with E-state index in [1.54, 1.807) is 0 Å². The summed E-state index contributed by atoms with van der Waals surface area (Å²) in [6.45, 7) is 8.48. The van der Waals surface area contributed by atoms with E-state index in [-0.39, 0.29) is 18.5 Å². The van der Waals surface area contributed by atoms with Crippen LogP contribution in [0.1, 0.15) is 67.4 Å². The Hall–Kier alpha value is -1.15. The first kappa shape index (κ1) is 16.9. The molecular formula is C18H28O2. The lowest BCUT2D eigenvalue weighted by Crippen LogP contribution is -2.16. The topological polar surface area (TPSA) is 26.3 Å². The van der Waals surface area contributed by atoms with Gasteiger partial charge in [-0.1, -0.05) is 56.4 Å². The van der Waals surface area contributed by atoms with E-state index in [2.05, 4.69) is 13.8 Å². The molecule has 0 heterocycles. The van der Waals surface area contributed by atoms with Crippen LogP contribution in [0.4, 0.5) is 0 Å². The number of ether oxygens (including phenoxy) is 1. The van der Waals surface area contributed by atoms with Gasteiger partial charge < -0.3 is 4.74 Å². The minimum absolute atomic E-state index is 0.0860. The van der Waals surface area contributed by atoms with Crippen LogP contribution in [0, 0.1) is 13.8 Å². The predicted molar refractivity (Wildman–Crippen MR) is 84.4 cm³/mol. The van der Waals surface area contributed by atoms with Crippen molar-refractivity contribution in [2.45, 2.75) is 65.9 Å². The van der Waals surface area contributed by atoms with Gasteiger partial charge in [-0.3, -0.25) is 4.79 Å². The number of carbonyl (C=O) groups excluding carboxylic acids is 1. The van der Waals surface area contributed by atoms with E-state index in [0.29, 0.717) is 0 Å². The lowest BCUT2D eigenvalue weighted by atomic mass is 10.0. The van der Waals surface area contributed by atoms with Crippen molar-refractivity contribution in [2.75, 3.05) is 6.61 Å². The van der Waals surface area contributed by atoms with E-state index in [9.17, 15) is 4.79 Å². The number of benzene rings is 1. The summed E-state index contributed by atoms with van der Waals surface area (Å²) in [7, 11) is 0. The fourth-order valence-corrected chi connectivity index (χ4v) is 2.36. The largest absolute Gasteiger partial charge is 0.370 e. The molecule has 2 nitrogen and oxygen atoms in total. The third-order valence-corrected chi connectivity index (χ3v) is 3.65. The molecule has 0 aromatic heterocycles. The van der Waals surface area contributed by atoms with Crippen molar-refractivity contribution in [1.29, 1.82) is 0 Å². The fourth-order valence-electron chi connectivity index (χ4n) is 2.36. The molecule has 112 valence electrons. The zero-order valence-electron chi connectivity index (χ0n) is 13.4. The molecule has 0 N–H and O–H groups in total. The van der Waals surface area contributed by atoms with Gasteiger partial charge >= 0.3 is 0 Å². The van der Waals surface area contributed by atoms with E-state index in [1.807, 2.05) is 32.0 Å². The second-order valence-corrected chi connectivity index (χ2v) is 5.71. The zero-order chi connectivity index (χ0) is 15.0. The molecule has 0 spiro atoms. The van der Waals surface area contributed by atoms with Gasteiger partial charge in [0.25, 0.3) is 0 Å². The van der Waals surface area contributed by atoms with Gasteiger partial charge in [-0.2, -0.15) is 0 Å². The van der Waals surface area contributed by atoms with E-state index in [0.717, 1.165) is 17.5 Å². The minimum Gasteiger partial charge on any atom is -0.370 e. The SMILES string of the molecule is CCCCCCC(C)OCC(=O)c1ccc(C)cc1C. The van der Waals surface area contributed by atoms with Crippen LogP contribution in [-0.4, -0.2) is 18.5 Å². The van der Waals surface area contributed by atoms with Crippen LogP contribution in [0.2, 0.25) is 0 Å². The van der Waals surface area contributed by atoms with Crippen LogP contribution in [0.25, 0.3) is 0 Å². The standard InChI is InChI=1S/C18H28O2/c1-5-6-7-8-9-16(4)20-13-18(19)17-11-10-14(2)12-15(17)3/h10-12,16H,5-9,13H2,1-4H3. The first-order valence-electron chi connectivity index (χ1n) is 7.76. The summed E-state index contributed by atoms with van der Waals surface area (Å²) in [4.78, 5) is 12.1. The summed E-state index contributed by atoms with van der Waals surface area (Å²) >= 11 is 0. The van der Waals surface area contributed by atoms with Crippen molar-refractivity contribution in [3.8, 4) is 0 Å². The fraction of sp³-hybridized carbons (Fsp3) is 0.611. The Bertz CT molecular complexity index is 423. The maximum Gasteiger partial charge on any atom is 0.188 e. The molecule has 0 aliphatic rings. The molecule has 0 amide bonds. The second-order valence-electron chi connectivity index (χ2n) is 5.71. The lowest BCUT2D eigenvalue weighted by Gasteiger charge is -2.13. The number of carbonyl (C=O) groups is 1. The van der Waals surface area contributed by atoms with Gasteiger partial charge in [0.15, 0.2) is 5.78 Å². The van der Waals surface area contributed by atoms with E-state index >= 15 is 0 Å². The third-order valence-electron chi connectivity index (χ3n) is 3.65. The second kappa shape index (κ2) is 8.91. The lowest BCUT2D eigenvalue weighted by molar-refractivity contribution is 0.0482. The smallest absolute Gasteiger partial charge is 0.188 e. The molecule has 1 unspecified atom stereocenters. The van der Waals surface area contributed by atoms with Crippen molar-refractivity contribution >= 4 is 5.78 Å². The van der Waals surface area contributed by atoms with E-state index < -0.39 is 0 Å².